The van der Waals surface area contributed by atoms with E-state index in [1.165, 1.54) is 23.7 Å². The van der Waals surface area contributed by atoms with Crippen LogP contribution in [0.4, 0.5) is 0 Å². The van der Waals surface area contributed by atoms with Crippen molar-refractivity contribution in [3.05, 3.63) is 0 Å². The molecule has 0 amide bonds. The Morgan fingerprint density at radius 2 is 0.882 bits per heavy atom. The Kier molecular flexibility index (Phi) is 2.74. The van der Waals surface area contributed by atoms with Crippen molar-refractivity contribution in [3.8, 4) is 0 Å². The minimum absolute atomic E-state index is 1.16. The minimum atomic E-state index is 1.16. The van der Waals surface area contributed by atoms with Crippen LogP contribution < -0.4 is 0 Å². The molecule has 0 aromatic heterocycles. The van der Waals surface area contributed by atoms with E-state index >= 15 is 0 Å². The van der Waals surface area contributed by atoms with Crippen molar-refractivity contribution in [2.24, 2.45) is 35.5 Å². The van der Waals surface area contributed by atoms with E-state index in [1.807, 2.05) is 0 Å². The van der Waals surface area contributed by atoms with E-state index in [0.717, 1.165) is 11.8 Å². The van der Waals surface area contributed by atoms with E-state index in [0.29, 0.717) is 0 Å². The Balaban J connectivity index is 1.56. The Morgan fingerprint density at radius 3 is 1.59 bits per heavy atom. The lowest BCUT2D eigenvalue weighted by molar-refractivity contribution is -0.0184. The van der Waals surface area contributed by atoms with Crippen molar-refractivity contribution in [3.63, 3.8) is 0 Å². The van der Waals surface area contributed by atoms with Gasteiger partial charge in [-0.05, 0) is 74.0 Å². The second-order valence-corrected chi connectivity index (χ2v) is 7.55. The molecule has 0 radical (unpaired) electrons. The zero-order valence-corrected chi connectivity index (χ0v) is 11.2. The standard InChI is InChI=1S/C17H28/c1-2-6-14-12(4-1)8-10-17-15-7-3-5-13(15)9-11-16(14)17/h12-17H,1-11H2/t12?,13-,14-,15+,16?,17-/m0/s1. The van der Waals surface area contributed by atoms with E-state index in [9.17, 15) is 0 Å². The van der Waals surface area contributed by atoms with Crippen LogP contribution in [0, 0.1) is 35.5 Å². The van der Waals surface area contributed by atoms with Gasteiger partial charge in [-0.2, -0.15) is 0 Å². The van der Waals surface area contributed by atoms with Gasteiger partial charge in [-0.1, -0.05) is 32.1 Å². The van der Waals surface area contributed by atoms with E-state index in [2.05, 4.69) is 0 Å². The summed E-state index contributed by atoms with van der Waals surface area (Å²) in [6.45, 7) is 0. The predicted octanol–water partition coefficient (Wildman–Crippen LogP) is 5.03. The molecule has 0 aliphatic heterocycles. The maximum absolute atomic E-state index is 1.62. The molecule has 2 unspecified atom stereocenters. The average molecular weight is 232 g/mol. The molecular weight excluding hydrogens is 204 g/mol. The smallest absolute Gasteiger partial charge is 0.0352 e. The van der Waals surface area contributed by atoms with Crippen LogP contribution in [0.1, 0.15) is 70.6 Å². The van der Waals surface area contributed by atoms with Gasteiger partial charge in [0, 0.05) is 0 Å². The molecule has 0 saturated heterocycles. The lowest BCUT2D eigenvalue weighted by Crippen LogP contribution is -2.43. The van der Waals surface area contributed by atoms with Gasteiger partial charge < -0.3 is 0 Å². The fourth-order valence-electron chi connectivity index (χ4n) is 6.45. The molecule has 4 aliphatic rings. The van der Waals surface area contributed by atoms with Gasteiger partial charge in [0.15, 0.2) is 0 Å². The maximum atomic E-state index is 1.62. The van der Waals surface area contributed by atoms with Crippen LogP contribution in [0.15, 0.2) is 0 Å². The lowest BCUT2D eigenvalue weighted by atomic mass is 9.54. The third-order valence-electron chi connectivity index (χ3n) is 7.08. The van der Waals surface area contributed by atoms with Crippen LogP contribution in [0.2, 0.25) is 0 Å². The lowest BCUT2D eigenvalue weighted by Gasteiger charge is -2.51. The summed E-state index contributed by atoms with van der Waals surface area (Å²) in [5.41, 5.74) is 0. The highest BCUT2D eigenvalue weighted by Crippen LogP contribution is 2.57. The predicted molar refractivity (Wildman–Crippen MR) is 71.7 cm³/mol. The molecule has 0 heterocycles. The van der Waals surface area contributed by atoms with Gasteiger partial charge in [0.2, 0.25) is 0 Å². The van der Waals surface area contributed by atoms with Crippen molar-refractivity contribution < 1.29 is 0 Å². The second-order valence-electron chi connectivity index (χ2n) is 7.55. The molecular formula is C17H28. The molecule has 4 aliphatic carbocycles. The van der Waals surface area contributed by atoms with Gasteiger partial charge in [-0.25, -0.2) is 0 Å². The summed E-state index contributed by atoms with van der Waals surface area (Å²) in [7, 11) is 0. The normalized spacial score (nSPS) is 53.6. The van der Waals surface area contributed by atoms with Gasteiger partial charge in [-0.15, -0.1) is 0 Å². The Labute approximate surface area is 107 Å². The molecule has 6 atom stereocenters. The molecule has 0 heteroatoms. The molecule has 0 bridgehead atoms. The molecule has 4 rings (SSSR count). The summed E-state index contributed by atoms with van der Waals surface area (Å²) in [4.78, 5) is 0. The maximum Gasteiger partial charge on any atom is -0.0352 e. The van der Waals surface area contributed by atoms with Crippen molar-refractivity contribution in [1.29, 1.82) is 0 Å². The summed E-state index contributed by atoms with van der Waals surface area (Å²) >= 11 is 0. The Morgan fingerprint density at radius 1 is 0.353 bits per heavy atom. The van der Waals surface area contributed by atoms with Gasteiger partial charge in [0.1, 0.15) is 0 Å². The van der Waals surface area contributed by atoms with Crippen LogP contribution in [0.25, 0.3) is 0 Å². The largest absolute Gasteiger partial charge is 0.0530 e. The zero-order chi connectivity index (χ0) is 11.2. The molecule has 0 nitrogen and oxygen atoms in total. The zero-order valence-electron chi connectivity index (χ0n) is 11.2. The van der Waals surface area contributed by atoms with Crippen LogP contribution in [-0.2, 0) is 0 Å². The summed E-state index contributed by atoms with van der Waals surface area (Å²) in [6.07, 6.45) is 17.5. The summed E-state index contributed by atoms with van der Waals surface area (Å²) in [6, 6.07) is 0. The third-order valence-corrected chi connectivity index (χ3v) is 7.08. The highest BCUT2D eigenvalue weighted by atomic mass is 14.5. The molecule has 17 heavy (non-hydrogen) atoms. The monoisotopic (exact) mass is 232 g/mol. The van der Waals surface area contributed by atoms with Crippen LogP contribution in [-0.4, -0.2) is 0 Å². The fourth-order valence-corrected chi connectivity index (χ4v) is 6.45. The SMILES string of the molecule is C1CC[C@H]2C(C1)CC[C@@H]1C2CC[C@@H]2CCC[C@H]21. The molecule has 4 fully saturated rings. The molecule has 0 N–H and O–H groups in total. The molecule has 4 saturated carbocycles. The van der Waals surface area contributed by atoms with Crippen LogP contribution in [0.5, 0.6) is 0 Å². The molecule has 0 aromatic rings. The fraction of sp³-hybridized carbons (Fsp3) is 1.00. The van der Waals surface area contributed by atoms with Crippen molar-refractivity contribution in [1.82, 2.24) is 0 Å². The Bertz CT molecular complexity index is 282. The number of hydrogen-bond donors (Lipinski definition) is 0. The highest BCUT2D eigenvalue weighted by molar-refractivity contribution is 4.98. The van der Waals surface area contributed by atoms with Gasteiger partial charge in [0.05, 0.1) is 0 Å². The van der Waals surface area contributed by atoms with Gasteiger partial charge in [-0.3, -0.25) is 0 Å². The van der Waals surface area contributed by atoms with Crippen molar-refractivity contribution >= 4 is 0 Å². The van der Waals surface area contributed by atoms with Crippen LogP contribution >= 0.6 is 0 Å². The summed E-state index contributed by atoms with van der Waals surface area (Å²) in [5, 5.41) is 0. The quantitative estimate of drug-likeness (QED) is 0.549. The topological polar surface area (TPSA) is 0 Å². The Hall–Kier alpha value is 0. The van der Waals surface area contributed by atoms with Crippen molar-refractivity contribution in [2.75, 3.05) is 0 Å². The number of rotatable bonds is 0. The average Bonchev–Trinajstić information content (AvgIpc) is 2.86. The van der Waals surface area contributed by atoms with Gasteiger partial charge >= 0.3 is 0 Å². The van der Waals surface area contributed by atoms with Gasteiger partial charge in [0.25, 0.3) is 0 Å². The first kappa shape index (κ1) is 10.9. The molecule has 96 valence electrons. The first-order valence-electron chi connectivity index (χ1n) is 8.43. The van der Waals surface area contributed by atoms with Crippen LogP contribution in [0.3, 0.4) is 0 Å². The number of hydrogen-bond acceptors (Lipinski definition) is 0. The van der Waals surface area contributed by atoms with Crippen molar-refractivity contribution in [2.45, 2.75) is 70.6 Å². The van der Waals surface area contributed by atoms with E-state index in [1.54, 1.807) is 70.6 Å². The summed E-state index contributed by atoms with van der Waals surface area (Å²) < 4.78 is 0. The van der Waals surface area contributed by atoms with E-state index in [4.69, 9.17) is 0 Å². The highest BCUT2D eigenvalue weighted by Gasteiger charge is 2.48. The summed E-state index contributed by atoms with van der Waals surface area (Å²) in [5.74, 6) is 7.02. The van der Waals surface area contributed by atoms with E-state index in [-0.39, 0.29) is 0 Å². The minimum Gasteiger partial charge on any atom is -0.0530 e. The molecule has 0 aromatic carbocycles. The van der Waals surface area contributed by atoms with E-state index < -0.39 is 0 Å². The first-order chi connectivity index (χ1) is 8.43. The molecule has 0 spiro atoms. The first-order valence-corrected chi connectivity index (χ1v) is 8.43. The second kappa shape index (κ2) is 4.28. The third kappa shape index (κ3) is 1.70. The number of fused-ring (bicyclic) bond motifs is 5.